The van der Waals surface area contributed by atoms with E-state index >= 15 is 0 Å². The van der Waals surface area contributed by atoms with Gasteiger partial charge < -0.3 is 5.11 Å². The van der Waals surface area contributed by atoms with Crippen LogP contribution < -0.4 is 0 Å². The molecule has 0 atom stereocenters. The molecule has 0 radical (unpaired) electrons. The van der Waals surface area contributed by atoms with Gasteiger partial charge in [-0.2, -0.15) is 86.4 Å². The van der Waals surface area contributed by atoms with Crippen molar-refractivity contribution in [1.82, 2.24) is 0 Å². The number of alkyl halides is 17. The summed E-state index contributed by atoms with van der Waals surface area (Å²) in [6.45, 7) is -0.768. The summed E-state index contributed by atoms with van der Waals surface area (Å²) in [6, 6.07) is 0. The molecule has 0 saturated carbocycles. The van der Waals surface area contributed by atoms with Gasteiger partial charge >= 0.3 is 47.6 Å². The number of hydrogen-bond acceptors (Lipinski definition) is 2. The third-order valence-corrected chi connectivity index (χ3v) is 4.55. The van der Waals surface area contributed by atoms with Crippen molar-refractivity contribution in [2.45, 2.75) is 54.1 Å². The van der Waals surface area contributed by atoms with Crippen LogP contribution >= 0.6 is 11.8 Å². The molecule has 0 unspecified atom stereocenters. The zero-order valence-corrected chi connectivity index (χ0v) is 14.9. The van der Waals surface area contributed by atoms with Crippen LogP contribution in [0.3, 0.4) is 0 Å². The molecule has 19 heteroatoms. The fourth-order valence-corrected chi connectivity index (χ4v) is 2.45. The Morgan fingerprint density at radius 1 is 0.452 bits per heavy atom. The number of hydrogen-bond donors (Lipinski definition) is 1. The van der Waals surface area contributed by atoms with Crippen LogP contribution in [0.1, 0.15) is 6.42 Å². The molecule has 0 aromatic carbocycles. The highest BCUT2D eigenvalue weighted by molar-refractivity contribution is 7.99. The molecule has 31 heavy (non-hydrogen) atoms. The molecule has 0 fully saturated rings. The maximum absolute atomic E-state index is 13.4. The Labute approximate surface area is 164 Å². The van der Waals surface area contributed by atoms with Crippen molar-refractivity contribution in [3.63, 3.8) is 0 Å². The molecule has 0 heterocycles. The molecule has 0 aliphatic rings. The first-order valence-electron chi connectivity index (χ1n) is 7.21. The molecule has 1 N–H and O–H groups in total. The number of rotatable bonds is 11. The molecule has 0 rings (SSSR count). The quantitative estimate of drug-likeness (QED) is 0.260. The summed E-state index contributed by atoms with van der Waals surface area (Å²) in [5.74, 6) is -57.8. The third kappa shape index (κ3) is 4.48. The molecule has 0 bridgehead atoms. The van der Waals surface area contributed by atoms with Crippen molar-refractivity contribution in [3.8, 4) is 0 Å². The Balaban J connectivity index is 6.37. The largest absolute Gasteiger partial charge is 0.460 e. The van der Waals surface area contributed by atoms with Gasteiger partial charge in [-0.05, 0) is 5.75 Å². The van der Waals surface area contributed by atoms with Crippen LogP contribution in [-0.2, 0) is 0 Å². The summed E-state index contributed by atoms with van der Waals surface area (Å²) in [5.41, 5.74) is 0. The van der Waals surface area contributed by atoms with E-state index < -0.39 is 72.2 Å². The van der Waals surface area contributed by atoms with Crippen molar-refractivity contribution in [3.05, 3.63) is 0 Å². The smallest absolute Gasteiger partial charge is 0.396 e. The summed E-state index contributed by atoms with van der Waals surface area (Å²) < 4.78 is 220. The van der Waals surface area contributed by atoms with E-state index in [1.165, 1.54) is 0 Å². The van der Waals surface area contributed by atoms with Crippen LogP contribution in [0, 0.1) is 0 Å². The zero-order chi connectivity index (χ0) is 25.5. The minimum Gasteiger partial charge on any atom is -0.396 e. The SMILES string of the molecule is OCCSCCC(F)(F)C(F)(F)C(F)(F)C(F)(F)C(F)(F)C(F)(F)C(F)(F)C(F)(F)F. The van der Waals surface area contributed by atoms with E-state index in [0.717, 1.165) is 0 Å². The average Bonchev–Trinajstić information content (AvgIpc) is 2.56. The lowest BCUT2D eigenvalue weighted by Crippen LogP contribution is -2.74. The maximum Gasteiger partial charge on any atom is 0.460 e. The van der Waals surface area contributed by atoms with Gasteiger partial charge in [0.15, 0.2) is 0 Å². The summed E-state index contributed by atoms with van der Waals surface area (Å²) in [5, 5.41) is 8.31. The first-order chi connectivity index (χ1) is 13.3. The van der Waals surface area contributed by atoms with E-state index in [-0.39, 0.29) is 11.8 Å². The lowest BCUT2D eigenvalue weighted by Gasteiger charge is -2.42. The lowest BCUT2D eigenvalue weighted by molar-refractivity contribution is -0.461. The topological polar surface area (TPSA) is 20.2 Å². The Bertz CT molecular complexity index is 611. The Kier molecular flexibility index (Phi) is 8.24. The Morgan fingerprint density at radius 2 is 0.774 bits per heavy atom. The molecular formula is C12H9F17OS. The molecule has 0 saturated heterocycles. The second-order valence-electron chi connectivity index (χ2n) is 5.73. The van der Waals surface area contributed by atoms with Gasteiger partial charge in [0.25, 0.3) is 0 Å². The number of thioether (sulfide) groups is 1. The van der Waals surface area contributed by atoms with E-state index in [4.69, 9.17) is 5.11 Å². The highest BCUT2D eigenvalue weighted by atomic mass is 32.2. The van der Waals surface area contributed by atoms with Gasteiger partial charge in [-0.3, -0.25) is 0 Å². The van der Waals surface area contributed by atoms with E-state index in [2.05, 4.69) is 0 Å². The van der Waals surface area contributed by atoms with Crippen molar-refractivity contribution < 1.29 is 79.7 Å². The van der Waals surface area contributed by atoms with Crippen LogP contribution in [0.25, 0.3) is 0 Å². The van der Waals surface area contributed by atoms with E-state index in [1.54, 1.807) is 0 Å². The van der Waals surface area contributed by atoms with Crippen molar-refractivity contribution in [2.24, 2.45) is 0 Å². The number of aliphatic hydroxyl groups is 1. The summed E-state index contributed by atoms with van der Waals surface area (Å²) in [4.78, 5) is 0. The maximum atomic E-state index is 13.4. The second kappa shape index (κ2) is 8.48. The molecule has 0 aliphatic heterocycles. The summed E-state index contributed by atoms with van der Waals surface area (Å²) >= 11 is 0.142. The molecule has 188 valence electrons. The van der Waals surface area contributed by atoms with E-state index in [0.29, 0.717) is 0 Å². The third-order valence-electron chi connectivity index (χ3n) is 3.58. The zero-order valence-electron chi connectivity index (χ0n) is 14.1. The summed E-state index contributed by atoms with van der Waals surface area (Å²) in [7, 11) is 0. The molecular weight excluding hydrogens is 515 g/mol. The van der Waals surface area contributed by atoms with Crippen molar-refractivity contribution in [1.29, 1.82) is 0 Å². The minimum atomic E-state index is -8.60. The van der Waals surface area contributed by atoms with Crippen LogP contribution in [0.4, 0.5) is 74.6 Å². The van der Waals surface area contributed by atoms with Gasteiger partial charge in [-0.25, -0.2) is 0 Å². The van der Waals surface area contributed by atoms with Crippen LogP contribution in [0.2, 0.25) is 0 Å². The van der Waals surface area contributed by atoms with Crippen molar-refractivity contribution in [2.75, 3.05) is 18.1 Å². The number of halogens is 17. The van der Waals surface area contributed by atoms with Crippen LogP contribution in [-0.4, -0.2) is 70.9 Å². The standard InChI is InChI=1S/C12H9F17OS/c13-5(14,1-3-31-4-2-30)6(15,16)7(17,18)8(19,20)9(21,22)10(23,24)11(25,26)12(27,28)29/h30H,1-4H2. The normalized spacial score (nSPS) is 16.1. The molecule has 0 aromatic rings. The highest BCUT2D eigenvalue weighted by Gasteiger charge is 2.95. The average molecular weight is 524 g/mol. The van der Waals surface area contributed by atoms with Gasteiger partial charge in [0, 0.05) is 12.2 Å². The Hall–Kier alpha value is -0.880. The van der Waals surface area contributed by atoms with Crippen LogP contribution in [0.5, 0.6) is 0 Å². The predicted molar refractivity (Wildman–Crippen MR) is 69.7 cm³/mol. The Morgan fingerprint density at radius 3 is 1.10 bits per heavy atom. The first-order valence-corrected chi connectivity index (χ1v) is 8.36. The minimum absolute atomic E-state index is 0.142. The van der Waals surface area contributed by atoms with Gasteiger partial charge in [-0.1, -0.05) is 0 Å². The van der Waals surface area contributed by atoms with Gasteiger partial charge in [0.2, 0.25) is 0 Å². The second-order valence-corrected chi connectivity index (χ2v) is 6.96. The predicted octanol–water partition coefficient (Wildman–Crippen LogP) is 6.11. The lowest BCUT2D eigenvalue weighted by atomic mass is 9.88. The van der Waals surface area contributed by atoms with E-state index in [9.17, 15) is 74.6 Å². The van der Waals surface area contributed by atoms with Gasteiger partial charge in [-0.15, -0.1) is 0 Å². The van der Waals surface area contributed by atoms with Crippen LogP contribution in [0.15, 0.2) is 0 Å². The van der Waals surface area contributed by atoms with Gasteiger partial charge in [0.1, 0.15) is 0 Å². The molecule has 0 amide bonds. The first kappa shape index (κ1) is 30.1. The monoisotopic (exact) mass is 524 g/mol. The molecule has 0 aromatic heterocycles. The fourth-order valence-electron chi connectivity index (χ4n) is 1.72. The molecule has 1 nitrogen and oxygen atoms in total. The van der Waals surface area contributed by atoms with Gasteiger partial charge in [0.05, 0.1) is 6.61 Å². The summed E-state index contributed by atoms with van der Waals surface area (Å²) in [6.07, 6.45) is -10.3. The number of aliphatic hydroxyl groups excluding tert-OH is 1. The highest BCUT2D eigenvalue weighted by Crippen LogP contribution is 2.64. The van der Waals surface area contributed by atoms with Crippen molar-refractivity contribution >= 4 is 11.8 Å². The molecule has 0 spiro atoms. The molecule has 0 aliphatic carbocycles. The van der Waals surface area contributed by atoms with E-state index in [1.807, 2.05) is 0 Å². The fraction of sp³-hybridized carbons (Fsp3) is 1.00.